The normalized spacial score (nSPS) is 23.2. The fourth-order valence-corrected chi connectivity index (χ4v) is 17.0. The number of aromatic nitrogens is 1. The lowest BCUT2D eigenvalue weighted by molar-refractivity contribution is -0.152. The lowest BCUT2D eigenvalue weighted by Gasteiger charge is -2.38. The number of rotatable bonds is 23. The molecule has 132 heavy (non-hydrogen) atoms. The number of aromatic amines is 1. The summed E-state index contributed by atoms with van der Waals surface area (Å²) in [5.74, 6) is -17.5. The third-order valence-corrected chi connectivity index (χ3v) is 24.4. The fraction of sp³-hybridized carbons (Fsp3) is 0.438. The number of hydrogen-bond donors (Lipinski definition) is 14. The number of hydrogen-bond acceptors (Lipinski definition) is 19. The first-order valence-electron chi connectivity index (χ1n) is 44.2. The number of carboxylic acid groups (broad SMARTS) is 1. The van der Waals surface area contributed by atoms with Gasteiger partial charge < -0.3 is 98.4 Å². The molecule has 2 aliphatic rings. The van der Waals surface area contributed by atoms with Gasteiger partial charge in [0.15, 0.2) is 0 Å². The van der Waals surface area contributed by atoms with Crippen LogP contribution in [0.4, 0.5) is 0 Å². The maximum absolute atomic E-state index is 15.8. The second kappa shape index (κ2) is 48.8. The Labute approximate surface area is 771 Å². The van der Waals surface area contributed by atoms with Crippen LogP contribution in [-0.4, -0.2) is 271 Å². The zero-order valence-corrected chi connectivity index (χ0v) is 76.8. The van der Waals surface area contributed by atoms with Crippen molar-refractivity contribution in [3.63, 3.8) is 0 Å². The average molecular weight is 1840 g/mol. The summed E-state index contributed by atoms with van der Waals surface area (Å²) >= 11 is 0.835. The van der Waals surface area contributed by atoms with Gasteiger partial charge in [-0.05, 0) is 101 Å². The van der Waals surface area contributed by atoms with Crippen LogP contribution in [0.15, 0.2) is 170 Å². The molecule has 13 atom stereocenters. The van der Waals surface area contributed by atoms with E-state index in [1.807, 2.05) is 6.92 Å². The molecule has 0 bridgehead atoms. The number of benzene rings is 6. The number of para-hydroxylation sites is 1. The highest BCUT2D eigenvalue weighted by atomic mass is 32.2. The highest BCUT2D eigenvalue weighted by Crippen LogP contribution is 2.29. The highest BCUT2D eigenvalue weighted by Gasteiger charge is 2.46. The number of aromatic hydroxyl groups is 2. The standard InChI is InChI=1S/C96H122N16O19S/c1-11-12-32-76-95(130)112-52-58(6)42-78(112)91(126)104-72(49-83(118)119)89(124)107-84(57(4)5)96(131)110(9)77(46-60-26-18-14-19-27-60)90(125)105-73(45-63-35-39-66(114)40-36-63)92(127)108(7)53-81(116)100-71(48-64-50-98-68-31-23-22-30-67(64)68)88(123)103-70(43-62-33-37-65(113)38-34-62)87(122)102-69(41-56(2)3)86(121)106-75(85(120)99-51-80(97)115)54-132-55-82(117)101-74(44-59-24-16-13-17-25-59)93(128)111(10)79(94(129)109(76)8)47-61-28-20-15-21-29-61/h13-31,33-40,50,56-58,69-79,84,98,113-114H,11-12,32,41-49,51-55H2,1-10H3,(H2,97,115)(H,99,120)(H,100,116)(H,101,117)(H,102,122)(H,103,123)(H,104,126)(H,105,125)(H,106,121)(H,107,124)(H,118,119)/t58-,69+,70+,71+,72+,73+,74+,75+,76+,77+,78-,79+,84+/m1/s1. The third kappa shape index (κ3) is 29.4. The molecular weight excluding hydrogens is 1710 g/mol. The van der Waals surface area contributed by atoms with Gasteiger partial charge in [-0.3, -0.25) is 76.7 Å². The zero-order valence-electron chi connectivity index (χ0n) is 75.9. The summed E-state index contributed by atoms with van der Waals surface area (Å²) in [6.07, 6.45) is 0.182. The second-order valence-corrected chi connectivity index (χ2v) is 35.7. The molecule has 15 amide bonds. The van der Waals surface area contributed by atoms with E-state index in [1.165, 1.54) is 91.4 Å². The van der Waals surface area contributed by atoms with E-state index >= 15 is 47.9 Å². The van der Waals surface area contributed by atoms with Crippen LogP contribution in [0.5, 0.6) is 11.5 Å². The van der Waals surface area contributed by atoms with Crippen molar-refractivity contribution in [2.45, 2.75) is 191 Å². The Morgan fingerprint density at radius 1 is 0.492 bits per heavy atom. The number of H-pyrrole nitrogens is 1. The van der Waals surface area contributed by atoms with Crippen LogP contribution in [-0.2, 0) is 115 Å². The van der Waals surface area contributed by atoms with E-state index in [0.717, 1.165) is 21.6 Å². The predicted molar refractivity (Wildman–Crippen MR) is 494 cm³/mol. The predicted octanol–water partition coefficient (Wildman–Crippen LogP) is 3.11. The quantitative estimate of drug-likeness (QED) is 0.0437. The minimum absolute atomic E-state index is 0.0101. The SMILES string of the molecule is CCCC[C@H]1C(=O)N2C[C@H](C)C[C@@H]2C(=O)N[C@@H](CC(=O)O)C(=O)N[C@@H](C(C)C)C(=O)N(C)[C@@H](Cc2ccccc2)C(=O)N[C@@H](Cc2ccc(O)cc2)C(=O)N(C)CC(=O)N[C@@H](Cc2c[nH]c3ccccc23)C(=O)N[C@@H](Cc2ccc(O)cc2)C(=O)N[C@@H](CC(C)C)C(=O)N[C@H](C(=O)NCC(N)=O)CSCC(=O)N[C@@H](Cc2ccccc2)C(=O)N(C)[C@@H](Cc2ccccc2)C(=O)N1C. The smallest absolute Gasteiger partial charge is 0.305 e. The molecule has 2 fully saturated rings. The van der Waals surface area contributed by atoms with Gasteiger partial charge in [0, 0.05) is 96.1 Å². The van der Waals surface area contributed by atoms with Crippen LogP contribution in [0.25, 0.3) is 10.9 Å². The number of nitrogens with zero attached hydrogens (tertiary/aromatic N) is 5. The lowest BCUT2D eigenvalue weighted by atomic mass is 9.98. The van der Waals surface area contributed by atoms with E-state index in [9.17, 15) is 44.1 Å². The summed E-state index contributed by atoms with van der Waals surface area (Å²) < 4.78 is 0. The lowest BCUT2D eigenvalue weighted by Crippen LogP contribution is -2.61. The topological polar surface area (TPSA) is 500 Å². The van der Waals surface area contributed by atoms with Crippen molar-refractivity contribution in [1.82, 2.24) is 77.3 Å². The van der Waals surface area contributed by atoms with Crippen molar-refractivity contribution < 1.29 is 92.0 Å². The number of primary amides is 1. The number of carbonyl (C=O) groups excluding carboxylic acids is 15. The Balaban J connectivity index is 1.13. The molecule has 15 N–H and O–H groups in total. The van der Waals surface area contributed by atoms with Crippen LogP contribution < -0.4 is 53.6 Å². The van der Waals surface area contributed by atoms with Gasteiger partial charge in [-0.15, -0.1) is 11.8 Å². The third-order valence-electron chi connectivity index (χ3n) is 23.4. The molecule has 2 aliphatic heterocycles. The number of phenolic OH excluding ortho intramolecular Hbond substituents is 2. The summed E-state index contributed by atoms with van der Waals surface area (Å²) in [5.41, 5.74) is 9.16. The molecule has 0 unspecified atom stereocenters. The molecule has 3 heterocycles. The number of carbonyl (C=O) groups is 16. The second-order valence-electron chi connectivity index (χ2n) is 34.7. The molecule has 6 aromatic carbocycles. The van der Waals surface area contributed by atoms with Crippen molar-refractivity contribution in [2.24, 2.45) is 23.5 Å². The summed E-state index contributed by atoms with van der Waals surface area (Å²) in [7, 11) is 5.36. The van der Waals surface area contributed by atoms with Gasteiger partial charge >= 0.3 is 5.97 Å². The average Bonchev–Trinajstić information content (AvgIpc) is 1.21. The summed E-state index contributed by atoms with van der Waals surface area (Å²) in [5, 5.41) is 56.1. The molecule has 36 heteroatoms. The Kier molecular flexibility index (Phi) is 37.8. The van der Waals surface area contributed by atoms with Crippen LogP contribution in [0.3, 0.4) is 0 Å². The van der Waals surface area contributed by atoms with Gasteiger partial charge in [-0.1, -0.05) is 188 Å². The van der Waals surface area contributed by atoms with Gasteiger partial charge in [-0.2, -0.15) is 0 Å². The zero-order chi connectivity index (χ0) is 96.2. The molecule has 2 saturated heterocycles. The maximum Gasteiger partial charge on any atom is 0.305 e. The van der Waals surface area contributed by atoms with Crippen molar-refractivity contribution >= 4 is 117 Å². The molecule has 35 nitrogen and oxygen atoms in total. The monoisotopic (exact) mass is 1830 g/mol. The maximum atomic E-state index is 15.8. The number of amides is 15. The van der Waals surface area contributed by atoms with E-state index in [1.54, 1.807) is 156 Å². The minimum Gasteiger partial charge on any atom is -0.508 e. The van der Waals surface area contributed by atoms with Crippen LogP contribution in [0.1, 0.15) is 113 Å². The number of unbranched alkanes of at least 4 members (excludes halogenated alkanes) is 1. The largest absolute Gasteiger partial charge is 0.508 e. The number of fused-ring (bicyclic) bond motifs is 2. The first kappa shape index (κ1) is 102. The van der Waals surface area contributed by atoms with Gasteiger partial charge in [0.25, 0.3) is 0 Å². The van der Waals surface area contributed by atoms with Crippen LogP contribution >= 0.6 is 11.8 Å². The number of likely N-dealkylation sites (N-methyl/N-ethyl adjacent to an activating group) is 4. The number of nitrogens with two attached hydrogens (primary N) is 1. The van der Waals surface area contributed by atoms with Crippen molar-refractivity contribution in [2.75, 3.05) is 59.3 Å². The Bertz CT molecular complexity index is 5200. The van der Waals surface area contributed by atoms with Gasteiger partial charge in [0.05, 0.1) is 25.3 Å². The molecule has 0 radical (unpaired) electrons. The van der Waals surface area contributed by atoms with E-state index in [-0.39, 0.29) is 93.4 Å². The van der Waals surface area contributed by atoms with Gasteiger partial charge in [0.2, 0.25) is 88.6 Å². The van der Waals surface area contributed by atoms with Gasteiger partial charge in [0.1, 0.15) is 84.0 Å². The van der Waals surface area contributed by atoms with Crippen molar-refractivity contribution in [1.29, 1.82) is 0 Å². The number of carboxylic acids is 1. The van der Waals surface area contributed by atoms with E-state index in [0.29, 0.717) is 57.1 Å². The first-order chi connectivity index (χ1) is 62.9. The Hall–Kier alpha value is -13.7. The van der Waals surface area contributed by atoms with Crippen LogP contribution in [0.2, 0.25) is 0 Å². The molecule has 9 rings (SSSR count). The summed E-state index contributed by atoms with van der Waals surface area (Å²) in [6.45, 7) is 8.80. The minimum atomic E-state index is -1.90. The van der Waals surface area contributed by atoms with E-state index in [2.05, 4.69) is 52.8 Å². The number of nitrogens with one attached hydrogen (secondary N) is 10. The van der Waals surface area contributed by atoms with Crippen molar-refractivity contribution in [3.05, 3.63) is 203 Å². The fourth-order valence-electron chi connectivity index (χ4n) is 16.2. The van der Waals surface area contributed by atoms with Gasteiger partial charge in [-0.25, -0.2) is 0 Å². The number of thioether (sulfide) groups is 1. The van der Waals surface area contributed by atoms with E-state index < -0.39 is 198 Å². The molecule has 706 valence electrons. The molecule has 0 saturated carbocycles. The Morgan fingerprint density at radius 3 is 1.53 bits per heavy atom. The molecule has 0 aliphatic carbocycles. The summed E-state index contributed by atoms with van der Waals surface area (Å²) in [4.78, 5) is 247. The molecule has 7 aromatic rings. The molecular formula is C96H122N16O19S. The van der Waals surface area contributed by atoms with Crippen LogP contribution in [0, 0.1) is 17.8 Å². The molecule has 0 spiro atoms. The summed E-state index contributed by atoms with van der Waals surface area (Å²) in [6, 6.07) is 26.1. The number of phenols is 2. The van der Waals surface area contributed by atoms with E-state index in [4.69, 9.17) is 5.73 Å². The number of aliphatic carboxylic acids is 1. The molecule has 1 aromatic heterocycles. The highest BCUT2D eigenvalue weighted by molar-refractivity contribution is 8.00. The Morgan fingerprint density at radius 2 is 0.970 bits per heavy atom. The van der Waals surface area contributed by atoms with Crippen molar-refractivity contribution in [3.8, 4) is 11.5 Å². The first-order valence-corrected chi connectivity index (χ1v) is 45.4.